The number of rotatable bonds is 5. The van der Waals surface area contributed by atoms with Crippen LogP contribution in [-0.2, 0) is 11.2 Å². The summed E-state index contributed by atoms with van der Waals surface area (Å²) < 4.78 is 5.07. The minimum Gasteiger partial charge on any atom is -0.384 e. The maximum absolute atomic E-state index is 5.34. The van der Waals surface area contributed by atoms with E-state index in [1.807, 2.05) is 19.9 Å². The normalized spacial score (nSPS) is 12.5. The summed E-state index contributed by atoms with van der Waals surface area (Å²) in [5.74, 6) is 6.94. The van der Waals surface area contributed by atoms with E-state index in [1.165, 1.54) is 0 Å². The first-order chi connectivity index (χ1) is 7.21. The van der Waals surface area contributed by atoms with Gasteiger partial charge in [-0.2, -0.15) is 0 Å². The van der Waals surface area contributed by atoms with Gasteiger partial charge in [-0.25, -0.2) is 15.8 Å². The molecular formula is C10H18N4O. The van der Waals surface area contributed by atoms with Crippen LogP contribution in [0.2, 0.25) is 0 Å². The maximum Gasteiger partial charge on any atom is 0.143 e. The number of ether oxygens (including phenoxy) is 1. The highest BCUT2D eigenvalue weighted by Crippen LogP contribution is 2.14. The van der Waals surface area contributed by atoms with E-state index in [1.54, 1.807) is 7.11 Å². The number of anilines is 1. The Labute approximate surface area is 90.0 Å². The Balaban J connectivity index is 2.95. The smallest absolute Gasteiger partial charge is 0.143 e. The number of nitrogen functional groups attached to an aromatic ring is 1. The molecule has 0 saturated carbocycles. The third-order valence-electron chi connectivity index (χ3n) is 2.16. The Hall–Kier alpha value is -1.20. The Morgan fingerprint density at radius 2 is 2.27 bits per heavy atom. The first-order valence-corrected chi connectivity index (χ1v) is 5.04. The van der Waals surface area contributed by atoms with Crippen molar-refractivity contribution in [1.29, 1.82) is 0 Å². The van der Waals surface area contributed by atoms with Crippen molar-refractivity contribution < 1.29 is 4.74 Å². The predicted molar refractivity (Wildman–Crippen MR) is 59.5 cm³/mol. The molecule has 0 aliphatic heterocycles. The summed E-state index contributed by atoms with van der Waals surface area (Å²) in [6.45, 7) is 4.68. The molecule has 0 spiro atoms. The number of methoxy groups -OCH3 is 1. The number of aromatic nitrogens is 2. The monoisotopic (exact) mass is 210 g/mol. The zero-order chi connectivity index (χ0) is 11.3. The van der Waals surface area contributed by atoms with Crippen LogP contribution in [0.4, 0.5) is 5.82 Å². The van der Waals surface area contributed by atoms with Crippen molar-refractivity contribution in [2.75, 3.05) is 19.1 Å². The standard InChI is InChI=1S/C10H18N4O/c1-4-8-5-9(14-11)13-10(12-8)7(2)6-15-3/h5,7H,4,6,11H2,1-3H3,(H,12,13,14). The van der Waals surface area contributed by atoms with Crippen LogP contribution in [0.15, 0.2) is 6.07 Å². The quantitative estimate of drug-likeness (QED) is 0.562. The molecule has 1 atom stereocenters. The number of hydrazine groups is 1. The third kappa shape index (κ3) is 3.14. The van der Waals surface area contributed by atoms with Gasteiger partial charge < -0.3 is 10.2 Å². The Morgan fingerprint density at radius 1 is 1.53 bits per heavy atom. The van der Waals surface area contributed by atoms with E-state index >= 15 is 0 Å². The van der Waals surface area contributed by atoms with Crippen LogP contribution in [0.3, 0.4) is 0 Å². The second kappa shape index (κ2) is 5.63. The van der Waals surface area contributed by atoms with Crippen molar-refractivity contribution in [3.05, 3.63) is 17.6 Å². The maximum atomic E-state index is 5.34. The fraction of sp³-hybridized carbons (Fsp3) is 0.600. The second-order valence-electron chi connectivity index (χ2n) is 3.46. The van der Waals surface area contributed by atoms with Gasteiger partial charge in [0.2, 0.25) is 0 Å². The summed E-state index contributed by atoms with van der Waals surface area (Å²) in [6, 6.07) is 1.85. The summed E-state index contributed by atoms with van der Waals surface area (Å²) in [4.78, 5) is 8.72. The summed E-state index contributed by atoms with van der Waals surface area (Å²) in [6.07, 6.45) is 0.865. The lowest BCUT2D eigenvalue weighted by Gasteiger charge is -2.11. The molecule has 84 valence electrons. The molecule has 1 aromatic rings. The summed E-state index contributed by atoms with van der Waals surface area (Å²) in [5, 5.41) is 0. The third-order valence-corrected chi connectivity index (χ3v) is 2.16. The van der Waals surface area contributed by atoms with Gasteiger partial charge in [0.1, 0.15) is 11.6 Å². The first-order valence-electron chi connectivity index (χ1n) is 5.04. The van der Waals surface area contributed by atoms with Gasteiger partial charge in [0.25, 0.3) is 0 Å². The first kappa shape index (κ1) is 11.9. The average molecular weight is 210 g/mol. The van der Waals surface area contributed by atoms with Gasteiger partial charge in [-0.3, -0.25) is 0 Å². The van der Waals surface area contributed by atoms with E-state index in [4.69, 9.17) is 10.6 Å². The van der Waals surface area contributed by atoms with Crippen LogP contribution in [-0.4, -0.2) is 23.7 Å². The molecule has 1 unspecified atom stereocenters. The molecule has 0 aliphatic rings. The van der Waals surface area contributed by atoms with Gasteiger partial charge in [0.15, 0.2) is 0 Å². The van der Waals surface area contributed by atoms with Gasteiger partial charge in [-0.05, 0) is 6.42 Å². The summed E-state index contributed by atoms with van der Waals surface area (Å²) in [7, 11) is 1.67. The molecule has 1 aromatic heterocycles. The number of nitrogens with zero attached hydrogens (tertiary/aromatic N) is 2. The van der Waals surface area contributed by atoms with E-state index in [9.17, 15) is 0 Å². The van der Waals surface area contributed by atoms with Crippen LogP contribution < -0.4 is 11.3 Å². The second-order valence-corrected chi connectivity index (χ2v) is 3.46. The molecule has 1 rings (SSSR count). The molecule has 0 aliphatic carbocycles. The zero-order valence-corrected chi connectivity index (χ0v) is 9.45. The van der Waals surface area contributed by atoms with E-state index in [2.05, 4.69) is 15.4 Å². The van der Waals surface area contributed by atoms with Gasteiger partial charge >= 0.3 is 0 Å². The van der Waals surface area contributed by atoms with Crippen LogP contribution in [0.1, 0.15) is 31.3 Å². The van der Waals surface area contributed by atoms with Crippen LogP contribution in [0.5, 0.6) is 0 Å². The van der Waals surface area contributed by atoms with Crippen LogP contribution in [0, 0.1) is 0 Å². The molecule has 3 N–H and O–H groups in total. The number of hydrogen-bond donors (Lipinski definition) is 2. The fourth-order valence-electron chi connectivity index (χ4n) is 1.32. The van der Waals surface area contributed by atoms with Crippen LogP contribution in [0.25, 0.3) is 0 Å². The van der Waals surface area contributed by atoms with E-state index in [-0.39, 0.29) is 5.92 Å². The molecule has 0 aromatic carbocycles. The van der Waals surface area contributed by atoms with Crippen molar-refractivity contribution in [1.82, 2.24) is 9.97 Å². The topological polar surface area (TPSA) is 73.1 Å². The molecular weight excluding hydrogens is 192 g/mol. The van der Waals surface area contributed by atoms with E-state index in [0.29, 0.717) is 12.4 Å². The van der Waals surface area contributed by atoms with Crippen molar-refractivity contribution in [2.45, 2.75) is 26.2 Å². The number of nitrogens with two attached hydrogens (primary N) is 1. The molecule has 0 fully saturated rings. The van der Waals surface area contributed by atoms with Gasteiger partial charge in [0.05, 0.1) is 6.61 Å². The minimum absolute atomic E-state index is 0.175. The predicted octanol–water partition coefficient (Wildman–Crippen LogP) is 1.07. The van der Waals surface area contributed by atoms with Crippen LogP contribution >= 0.6 is 0 Å². The fourth-order valence-corrected chi connectivity index (χ4v) is 1.32. The molecule has 0 amide bonds. The minimum atomic E-state index is 0.175. The lowest BCUT2D eigenvalue weighted by Crippen LogP contribution is -2.14. The largest absolute Gasteiger partial charge is 0.384 e. The van der Waals surface area contributed by atoms with E-state index < -0.39 is 0 Å². The lowest BCUT2D eigenvalue weighted by atomic mass is 10.1. The Morgan fingerprint density at radius 3 is 2.80 bits per heavy atom. The van der Waals surface area contributed by atoms with E-state index in [0.717, 1.165) is 17.9 Å². The molecule has 5 heteroatoms. The average Bonchev–Trinajstić information content (AvgIpc) is 2.28. The SMILES string of the molecule is CCc1cc(NN)nc(C(C)COC)n1. The summed E-state index contributed by atoms with van der Waals surface area (Å²) >= 11 is 0. The highest BCUT2D eigenvalue weighted by molar-refractivity contribution is 5.34. The highest BCUT2D eigenvalue weighted by atomic mass is 16.5. The van der Waals surface area contributed by atoms with Crippen molar-refractivity contribution in [3.8, 4) is 0 Å². The molecule has 1 heterocycles. The highest BCUT2D eigenvalue weighted by Gasteiger charge is 2.10. The van der Waals surface area contributed by atoms with Crippen molar-refractivity contribution in [2.24, 2.45) is 5.84 Å². The lowest BCUT2D eigenvalue weighted by molar-refractivity contribution is 0.181. The summed E-state index contributed by atoms with van der Waals surface area (Å²) in [5.41, 5.74) is 3.53. The zero-order valence-electron chi connectivity index (χ0n) is 9.45. The Kier molecular flexibility index (Phi) is 4.45. The molecule has 0 saturated heterocycles. The molecule has 0 radical (unpaired) electrons. The van der Waals surface area contributed by atoms with Crippen molar-refractivity contribution in [3.63, 3.8) is 0 Å². The van der Waals surface area contributed by atoms with Gasteiger partial charge in [0, 0.05) is 24.8 Å². The number of hydrogen-bond acceptors (Lipinski definition) is 5. The van der Waals surface area contributed by atoms with Gasteiger partial charge in [-0.1, -0.05) is 13.8 Å². The molecule has 0 bridgehead atoms. The number of aryl methyl sites for hydroxylation is 1. The van der Waals surface area contributed by atoms with Crippen molar-refractivity contribution >= 4 is 5.82 Å². The molecule has 15 heavy (non-hydrogen) atoms. The number of nitrogens with one attached hydrogen (secondary N) is 1. The molecule has 5 nitrogen and oxygen atoms in total. The van der Waals surface area contributed by atoms with Gasteiger partial charge in [-0.15, -0.1) is 0 Å². The Bertz CT molecular complexity index is 294.